The van der Waals surface area contributed by atoms with Gasteiger partial charge in [0, 0.05) is 5.39 Å². The zero-order valence-corrected chi connectivity index (χ0v) is 14.9. The third-order valence-electron chi connectivity index (χ3n) is 4.75. The molecule has 1 saturated heterocycles. The summed E-state index contributed by atoms with van der Waals surface area (Å²) in [6.45, 7) is 6.82. The van der Waals surface area contributed by atoms with E-state index in [2.05, 4.69) is 21.2 Å². The van der Waals surface area contributed by atoms with Gasteiger partial charge in [0.25, 0.3) is 0 Å². The number of hydrogen-bond acceptors (Lipinski definition) is 4. The van der Waals surface area contributed by atoms with Gasteiger partial charge in [-0.25, -0.2) is 0 Å². The molecule has 24 heavy (non-hydrogen) atoms. The summed E-state index contributed by atoms with van der Waals surface area (Å²) in [5.41, 5.74) is 9.05. The Morgan fingerprint density at radius 3 is 2.62 bits per heavy atom. The average molecular weight is 345 g/mol. The molecule has 1 aliphatic rings. The molecule has 0 amide bonds. The number of aryl methyl sites for hydroxylation is 2. The maximum absolute atomic E-state index is 10.8. The fourth-order valence-corrected chi connectivity index (χ4v) is 3.36. The highest BCUT2D eigenvalue weighted by atomic mass is 32.1. The van der Waals surface area contributed by atoms with Crippen molar-refractivity contribution in [2.24, 2.45) is 16.0 Å². The Balaban J connectivity index is 2.12. The minimum Gasteiger partial charge on any atom is -0.493 e. The van der Waals surface area contributed by atoms with Gasteiger partial charge in [0.2, 0.25) is 11.0 Å². The van der Waals surface area contributed by atoms with E-state index in [9.17, 15) is 5.11 Å². The maximum Gasteiger partial charge on any atom is 0.221 e. The van der Waals surface area contributed by atoms with Crippen molar-refractivity contribution in [3.05, 3.63) is 23.3 Å². The summed E-state index contributed by atoms with van der Waals surface area (Å²) in [7, 11) is 0. The first kappa shape index (κ1) is 16.9. The summed E-state index contributed by atoms with van der Waals surface area (Å²) in [6.07, 6.45) is 3.68. The molecule has 0 bridgehead atoms. The van der Waals surface area contributed by atoms with Crippen molar-refractivity contribution in [1.29, 1.82) is 0 Å². The van der Waals surface area contributed by atoms with E-state index in [1.165, 1.54) is 19.3 Å². The molecule has 128 valence electrons. The zero-order chi connectivity index (χ0) is 17.3. The number of nitrogens with zero attached hydrogens (tertiary/aromatic N) is 4. The highest BCUT2D eigenvalue weighted by Crippen LogP contribution is 2.41. The molecule has 0 unspecified atom stereocenters. The largest absolute Gasteiger partial charge is 0.493 e. The second-order valence-corrected chi connectivity index (χ2v) is 6.78. The van der Waals surface area contributed by atoms with Crippen molar-refractivity contribution >= 4 is 33.9 Å². The van der Waals surface area contributed by atoms with Crippen molar-refractivity contribution in [2.75, 3.05) is 13.1 Å². The van der Waals surface area contributed by atoms with E-state index in [-0.39, 0.29) is 11.0 Å². The number of piperidine rings is 1. The van der Waals surface area contributed by atoms with E-state index in [0.29, 0.717) is 12.4 Å². The number of aromatic nitrogens is 1. The molecule has 0 radical (unpaired) electrons. The molecule has 0 aliphatic carbocycles. The second-order valence-electron chi connectivity index (χ2n) is 6.36. The van der Waals surface area contributed by atoms with Gasteiger partial charge in [0.15, 0.2) is 5.69 Å². The summed E-state index contributed by atoms with van der Waals surface area (Å²) in [5.74, 6) is 0.115. The van der Waals surface area contributed by atoms with Gasteiger partial charge in [0.05, 0.1) is 12.2 Å². The van der Waals surface area contributed by atoms with E-state index in [4.69, 9.17) is 18.0 Å². The molecular weight excluding hydrogens is 322 g/mol. The molecule has 2 heterocycles. The van der Waals surface area contributed by atoms with Crippen LogP contribution in [0.4, 0.5) is 5.69 Å². The molecule has 0 atom stereocenters. The number of azo groups is 1. The van der Waals surface area contributed by atoms with Gasteiger partial charge in [-0.15, -0.1) is 10.2 Å². The van der Waals surface area contributed by atoms with Crippen LogP contribution in [-0.2, 0) is 6.67 Å². The monoisotopic (exact) mass is 345 g/mol. The molecule has 3 N–H and O–H groups in total. The SMILES string of the molecule is Cc1ccc2c(c1C)c(N=NC(N)=S)c(O)n2CN1CCCCC1. The van der Waals surface area contributed by atoms with Gasteiger partial charge in [-0.3, -0.25) is 9.47 Å². The van der Waals surface area contributed by atoms with Crippen LogP contribution >= 0.6 is 12.2 Å². The third kappa shape index (κ3) is 3.14. The fraction of sp³-hybridized carbons (Fsp3) is 0.471. The standard InChI is InChI=1S/C17H23N5OS/c1-11-6-7-13-14(12(11)2)15(19-20-17(18)24)16(23)22(13)10-21-8-4-3-5-9-21/h6-7,23H,3-5,8-10H2,1-2H3,(H2,18,24). The third-order valence-corrected chi connectivity index (χ3v) is 4.83. The van der Waals surface area contributed by atoms with Crippen molar-refractivity contribution in [1.82, 2.24) is 9.47 Å². The smallest absolute Gasteiger partial charge is 0.221 e. The number of fused-ring (bicyclic) bond motifs is 1. The first-order valence-corrected chi connectivity index (χ1v) is 8.64. The van der Waals surface area contributed by atoms with Crippen LogP contribution < -0.4 is 5.73 Å². The van der Waals surface area contributed by atoms with Crippen LogP contribution in [-0.4, -0.2) is 32.8 Å². The Morgan fingerprint density at radius 1 is 1.25 bits per heavy atom. The predicted octanol–water partition coefficient (Wildman–Crippen LogP) is 3.73. The highest BCUT2D eigenvalue weighted by Gasteiger charge is 2.21. The lowest BCUT2D eigenvalue weighted by molar-refractivity contribution is 0.178. The number of aromatic hydroxyl groups is 1. The van der Waals surface area contributed by atoms with Crippen molar-refractivity contribution < 1.29 is 5.11 Å². The molecule has 2 aromatic rings. The first-order chi connectivity index (χ1) is 11.5. The maximum atomic E-state index is 10.8. The summed E-state index contributed by atoms with van der Waals surface area (Å²) in [6, 6.07) is 4.10. The molecule has 1 aromatic heterocycles. The van der Waals surface area contributed by atoms with Gasteiger partial charge in [0.1, 0.15) is 0 Å². The van der Waals surface area contributed by atoms with Crippen molar-refractivity contribution in [2.45, 2.75) is 39.8 Å². The van der Waals surface area contributed by atoms with Gasteiger partial charge in [-0.2, -0.15) is 0 Å². The lowest BCUT2D eigenvalue weighted by atomic mass is 10.1. The van der Waals surface area contributed by atoms with E-state index >= 15 is 0 Å². The number of thiocarbonyl (C=S) groups is 1. The number of benzene rings is 1. The lowest BCUT2D eigenvalue weighted by Crippen LogP contribution is -2.31. The Kier molecular flexibility index (Phi) is 4.82. The molecule has 0 saturated carbocycles. The van der Waals surface area contributed by atoms with Gasteiger partial charge < -0.3 is 10.8 Å². The minimum absolute atomic E-state index is 0.0448. The zero-order valence-electron chi connectivity index (χ0n) is 14.1. The van der Waals surface area contributed by atoms with E-state index < -0.39 is 0 Å². The topological polar surface area (TPSA) is 79.1 Å². The van der Waals surface area contributed by atoms with E-state index in [0.717, 1.165) is 35.1 Å². The van der Waals surface area contributed by atoms with Crippen LogP contribution in [0.5, 0.6) is 5.88 Å². The summed E-state index contributed by atoms with van der Waals surface area (Å²) < 4.78 is 1.90. The summed E-state index contributed by atoms with van der Waals surface area (Å²) >= 11 is 4.78. The quantitative estimate of drug-likeness (QED) is 0.656. The molecule has 3 rings (SSSR count). The number of likely N-dealkylation sites (tertiary alicyclic amines) is 1. The first-order valence-electron chi connectivity index (χ1n) is 8.24. The Morgan fingerprint density at radius 2 is 1.96 bits per heavy atom. The van der Waals surface area contributed by atoms with Crippen LogP contribution in [0.2, 0.25) is 0 Å². The number of nitrogens with two attached hydrogens (primary N) is 1. The van der Waals surface area contributed by atoms with Crippen molar-refractivity contribution in [3.63, 3.8) is 0 Å². The van der Waals surface area contributed by atoms with Gasteiger partial charge in [-0.05, 0) is 69.2 Å². The summed E-state index contributed by atoms with van der Waals surface area (Å²) in [5, 5.41) is 19.5. The molecule has 6 nitrogen and oxygen atoms in total. The predicted molar refractivity (Wildman–Crippen MR) is 99.8 cm³/mol. The molecular formula is C17H23N5OS. The normalized spacial score (nSPS) is 16.2. The van der Waals surface area contributed by atoms with E-state index in [1.807, 2.05) is 24.5 Å². The van der Waals surface area contributed by atoms with Gasteiger partial charge in [-0.1, -0.05) is 12.5 Å². The fourth-order valence-electron chi connectivity index (χ4n) is 3.32. The van der Waals surface area contributed by atoms with Crippen LogP contribution in [0, 0.1) is 13.8 Å². The van der Waals surface area contributed by atoms with Crippen LogP contribution in [0.25, 0.3) is 10.9 Å². The number of rotatable bonds is 3. The molecule has 0 spiro atoms. The minimum atomic E-state index is -0.0448. The number of hydrogen-bond donors (Lipinski definition) is 2. The second kappa shape index (κ2) is 6.86. The van der Waals surface area contributed by atoms with Crippen LogP contribution in [0.1, 0.15) is 30.4 Å². The summed E-state index contributed by atoms with van der Waals surface area (Å²) in [4.78, 5) is 2.35. The molecule has 1 aliphatic heterocycles. The van der Waals surface area contributed by atoms with Gasteiger partial charge >= 0.3 is 0 Å². The Labute approximate surface area is 147 Å². The lowest BCUT2D eigenvalue weighted by Gasteiger charge is -2.27. The Bertz CT molecular complexity index is 805. The van der Waals surface area contributed by atoms with E-state index in [1.54, 1.807) is 0 Å². The van der Waals surface area contributed by atoms with Crippen LogP contribution in [0.3, 0.4) is 0 Å². The molecule has 1 fully saturated rings. The molecule has 7 heteroatoms. The van der Waals surface area contributed by atoms with Crippen molar-refractivity contribution in [3.8, 4) is 5.88 Å². The molecule has 1 aromatic carbocycles. The van der Waals surface area contributed by atoms with Crippen LogP contribution in [0.15, 0.2) is 22.4 Å². The highest BCUT2D eigenvalue weighted by molar-refractivity contribution is 7.80. The average Bonchev–Trinajstić information content (AvgIpc) is 2.83. The Hall–Kier alpha value is -1.99.